The normalized spacial score (nSPS) is 10.1. The molecule has 0 aromatic heterocycles. The van der Waals surface area contributed by atoms with Crippen LogP contribution in [0.25, 0.3) is 0 Å². The van der Waals surface area contributed by atoms with E-state index in [9.17, 15) is 4.79 Å². The molecule has 0 heterocycles. The standard InChI is InChI=1S/C3H6O.Cr.H2O4S.2H2O.2O/c1-3(2)4;;1-5(2,3)4;;;;/h1-2H3;;(H2,1,2,3,4);2*1H2;;/q;+2;;;;;/p-2. The molecule has 0 radical (unpaired) electrons. The molecule has 0 aliphatic heterocycles. The molecule has 4 N–H and O–H groups in total. The summed E-state index contributed by atoms with van der Waals surface area (Å²) in [5.74, 6) is 0.167. The van der Waals surface area contributed by atoms with Gasteiger partial charge in [0.2, 0.25) is 0 Å². The zero-order valence-corrected chi connectivity index (χ0v) is 9.24. The van der Waals surface area contributed by atoms with Crippen LogP contribution in [0.4, 0.5) is 0 Å². The van der Waals surface area contributed by atoms with Crippen molar-refractivity contribution in [3.63, 3.8) is 0 Å². The molecule has 0 unspecified atom stereocenters. The van der Waals surface area contributed by atoms with Crippen LogP contribution in [0.2, 0.25) is 0 Å². The summed E-state index contributed by atoms with van der Waals surface area (Å²) >= 11 is -5.25. The Bertz CT molecular complexity index is 286. The van der Waals surface area contributed by atoms with Crippen LogP contribution < -0.4 is 0 Å². The fourth-order valence-electron chi connectivity index (χ4n) is 0. The molecular weight excluding hydrogens is 264 g/mol. The molecule has 0 aliphatic carbocycles. The summed E-state index contributed by atoms with van der Waals surface area (Å²) in [6.07, 6.45) is 0. The van der Waals surface area contributed by atoms with Gasteiger partial charge in [0.1, 0.15) is 5.78 Å². The van der Waals surface area contributed by atoms with Crippen molar-refractivity contribution in [1.29, 1.82) is 0 Å². The van der Waals surface area contributed by atoms with E-state index in [1.807, 2.05) is 0 Å². The van der Waals surface area contributed by atoms with Crippen molar-refractivity contribution in [1.82, 2.24) is 0 Å². The van der Waals surface area contributed by atoms with E-state index in [-0.39, 0.29) is 5.78 Å². The number of carbonyl (C=O) groups excluding carboxylic acids is 1. The zero-order valence-electron chi connectivity index (χ0n) is 7.15. The summed E-state index contributed by atoms with van der Waals surface area (Å²) in [6, 6.07) is 0. The Balaban J connectivity index is -0.000000131. The van der Waals surface area contributed by atoms with Crippen molar-refractivity contribution in [2.75, 3.05) is 0 Å². The molecule has 0 aliphatic rings. The quantitative estimate of drug-likeness (QED) is 0.388. The third-order valence-corrected chi connectivity index (χ3v) is 0. The van der Waals surface area contributed by atoms with Gasteiger partial charge in [-0.1, -0.05) is 0 Å². The molecular formula is C3H10CrO9S. The maximum atomic E-state index is 9.44. The van der Waals surface area contributed by atoms with E-state index in [0.717, 1.165) is 0 Å². The predicted octanol–water partition coefficient (Wildman–Crippen LogP) is -1.41. The van der Waals surface area contributed by atoms with E-state index in [0.29, 0.717) is 0 Å². The second-order valence-electron chi connectivity index (χ2n) is 1.80. The molecule has 9 nitrogen and oxygen atoms in total. The van der Waals surface area contributed by atoms with Gasteiger partial charge < -0.3 is 4.79 Å². The molecule has 0 spiro atoms. The molecule has 0 atom stereocenters. The molecule has 0 fully saturated rings. The summed E-state index contributed by atoms with van der Waals surface area (Å²) in [5.41, 5.74) is 0. The first-order chi connectivity index (χ1) is 5.73. The van der Waals surface area contributed by atoms with Crippen LogP contribution in [-0.4, -0.2) is 31.6 Å². The van der Waals surface area contributed by atoms with E-state index in [1.54, 1.807) is 0 Å². The van der Waals surface area contributed by atoms with E-state index >= 15 is 0 Å². The Hall–Kier alpha value is -0.408. The van der Waals surface area contributed by atoms with Gasteiger partial charge in [0.05, 0.1) is 0 Å². The van der Waals surface area contributed by atoms with Crippen LogP contribution in [-0.2, 0) is 36.4 Å². The van der Waals surface area contributed by atoms with Gasteiger partial charge in [-0.05, 0) is 13.8 Å². The Morgan fingerprint density at radius 1 is 1.07 bits per heavy atom. The van der Waals surface area contributed by atoms with Crippen LogP contribution in [0.15, 0.2) is 0 Å². The summed E-state index contributed by atoms with van der Waals surface area (Å²) in [4.78, 5) is 9.44. The fraction of sp³-hybridized carbons (Fsp3) is 0.667. The average molecular weight is 274 g/mol. The summed E-state index contributed by atoms with van der Waals surface area (Å²) in [5, 5.41) is 0. The summed E-state index contributed by atoms with van der Waals surface area (Å²) in [6.45, 7) is 3.06. The van der Waals surface area contributed by atoms with Gasteiger partial charge in [0, 0.05) is 0 Å². The Kier molecular flexibility index (Phi) is 10.9. The molecule has 0 aromatic rings. The number of carbonyl (C=O) groups is 1. The number of ketones is 1. The van der Waals surface area contributed by atoms with Crippen LogP contribution in [0.5, 0.6) is 0 Å². The SMILES string of the molecule is CC(C)=O.O=S(=O)(O)O.[O]=[Cr](=[O])([OH])[OH]. The van der Waals surface area contributed by atoms with Crippen LogP contribution in [0.1, 0.15) is 13.8 Å². The van der Waals surface area contributed by atoms with Crippen molar-refractivity contribution in [2.24, 2.45) is 0 Å². The monoisotopic (exact) mass is 274 g/mol. The van der Waals surface area contributed by atoms with Crippen molar-refractivity contribution in [2.45, 2.75) is 13.8 Å². The van der Waals surface area contributed by atoms with Gasteiger partial charge in [-0.15, -0.1) is 0 Å². The molecule has 0 saturated heterocycles. The van der Waals surface area contributed by atoms with Gasteiger partial charge in [-0.2, -0.15) is 8.42 Å². The van der Waals surface area contributed by atoms with Crippen LogP contribution >= 0.6 is 0 Å². The molecule has 0 rings (SSSR count). The van der Waals surface area contributed by atoms with Crippen LogP contribution in [0.3, 0.4) is 0 Å². The van der Waals surface area contributed by atoms with Gasteiger partial charge >= 0.3 is 39.9 Å². The molecule has 0 bridgehead atoms. The fourth-order valence-corrected chi connectivity index (χ4v) is 0. The first kappa shape index (κ1) is 19.2. The van der Waals surface area contributed by atoms with Crippen molar-refractivity contribution >= 4 is 16.2 Å². The van der Waals surface area contributed by atoms with Crippen molar-refractivity contribution in [3.05, 3.63) is 0 Å². The summed E-state index contributed by atoms with van der Waals surface area (Å²) < 4.78 is 63.5. The second-order valence-corrected chi connectivity index (χ2v) is 4.10. The van der Waals surface area contributed by atoms with E-state index in [4.69, 9.17) is 33.4 Å². The Labute approximate surface area is 82.3 Å². The molecule has 0 aromatic carbocycles. The second kappa shape index (κ2) is 7.95. The van der Waals surface area contributed by atoms with Gasteiger partial charge in [0.25, 0.3) is 0 Å². The van der Waals surface area contributed by atoms with Gasteiger partial charge in [-0.25, -0.2) is 0 Å². The van der Waals surface area contributed by atoms with E-state index in [1.165, 1.54) is 13.8 Å². The topological polar surface area (TPSA) is 166 Å². The van der Waals surface area contributed by atoms with E-state index < -0.39 is 24.0 Å². The molecule has 88 valence electrons. The Morgan fingerprint density at radius 2 is 1.07 bits per heavy atom. The first-order valence-corrected chi connectivity index (χ1v) is 6.18. The predicted molar refractivity (Wildman–Crippen MR) is 36.3 cm³/mol. The molecule has 11 heteroatoms. The maximum absolute atomic E-state index is 9.44. The molecule has 14 heavy (non-hydrogen) atoms. The Morgan fingerprint density at radius 3 is 1.07 bits per heavy atom. The molecule has 0 amide bonds. The van der Waals surface area contributed by atoms with Crippen molar-refractivity contribution in [3.8, 4) is 0 Å². The number of rotatable bonds is 0. The van der Waals surface area contributed by atoms with Gasteiger partial charge in [0.15, 0.2) is 0 Å². The van der Waals surface area contributed by atoms with Crippen LogP contribution in [0, 0.1) is 0 Å². The number of hydrogen-bond acceptors (Lipinski definition) is 5. The zero-order chi connectivity index (χ0) is 12.6. The molecule has 0 saturated carbocycles. The summed E-state index contributed by atoms with van der Waals surface area (Å²) in [7, 11) is -4.67. The number of hydrogen-bond donors (Lipinski definition) is 4. The minimum absolute atomic E-state index is 0.167. The third kappa shape index (κ3) is 7830. The average Bonchev–Trinajstić information content (AvgIpc) is 1.45. The number of Topliss-reactive ketones (excluding diaryl/α,β-unsaturated/α-hetero) is 1. The van der Waals surface area contributed by atoms with Crippen molar-refractivity contribution < 1.29 is 51.9 Å². The van der Waals surface area contributed by atoms with E-state index in [2.05, 4.69) is 0 Å². The van der Waals surface area contributed by atoms with Gasteiger partial charge in [-0.3, -0.25) is 9.11 Å². The minimum atomic E-state index is -5.25. The third-order valence-electron chi connectivity index (χ3n) is 0. The first-order valence-electron chi connectivity index (χ1n) is 2.60.